The minimum Gasteiger partial charge on any atom is -0.344 e. The van der Waals surface area contributed by atoms with Crippen LogP contribution in [0.15, 0.2) is 18.2 Å². The van der Waals surface area contributed by atoms with Gasteiger partial charge in [-0.3, -0.25) is 4.79 Å². The Bertz CT molecular complexity index is 693. The van der Waals surface area contributed by atoms with Gasteiger partial charge >= 0.3 is 0 Å². The number of carbonyl (C=O) groups is 1. The van der Waals surface area contributed by atoms with E-state index in [9.17, 15) is 4.79 Å². The molecule has 0 radical (unpaired) electrons. The van der Waals surface area contributed by atoms with E-state index in [-0.39, 0.29) is 6.04 Å². The fourth-order valence-electron chi connectivity index (χ4n) is 3.91. The zero-order valence-corrected chi connectivity index (χ0v) is 11.9. The summed E-state index contributed by atoms with van der Waals surface area (Å²) >= 11 is 0. The Kier molecular flexibility index (Phi) is 2.71. The van der Waals surface area contributed by atoms with Crippen LogP contribution >= 0.6 is 0 Å². The summed E-state index contributed by atoms with van der Waals surface area (Å²) in [6.45, 7) is 4.13. The number of aryl methyl sites for hydroxylation is 2. The molecular weight excluding hydrogens is 248 g/mol. The van der Waals surface area contributed by atoms with Crippen LogP contribution in [0.3, 0.4) is 0 Å². The highest BCUT2D eigenvalue weighted by atomic mass is 16.1. The third kappa shape index (κ3) is 1.59. The summed E-state index contributed by atoms with van der Waals surface area (Å²) in [4.78, 5) is 12.9. The van der Waals surface area contributed by atoms with E-state index < -0.39 is 0 Å². The average Bonchev–Trinajstić information content (AvgIpc) is 3.09. The van der Waals surface area contributed by atoms with Crippen molar-refractivity contribution < 1.29 is 4.79 Å². The lowest BCUT2D eigenvalue weighted by atomic mass is 9.98. The SMILES string of the molecule is Cc1c(C(=O)C2CCCN2)c2cccc3c2n1CCC3. The van der Waals surface area contributed by atoms with Gasteiger partial charge in [-0.1, -0.05) is 18.2 Å². The van der Waals surface area contributed by atoms with Crippen molar-refractivity contribution in [2.75, 3.05) is 6.54 Å². The van der Waals surface area contributed by atoms with Crippen molar-refractivity contribution in [1.82, 2.24) is 9.88 Å². The van der Waals surface area contributed by atoms with Crippen LogP contribution in [0.5, 0.6) is 0 Å². The van der Waals surface area contributed by atoms with Gasteiger partial charge in [0.15, 0.2) is 5.78 Å². The molecule has 1 unspecified atom stereocenters. The second-order valence-corrected chi connectivity index (χ2v) is 6.04. The number of hydrogen-bond acceptors (Lipinski definition) is 2. The lowest BCUT2D eigenvalue weighted by Gasteiger charge is -2.16. The number of hydrogen-bond donors (Lipinski definition) is 1. The van der Waals surface area contributed by atoms with Crippen LogP contribution in [0.4, 0.5) is 0 Å². The van der Waals surface area contributed by atoms with Gasteiger partial charge in [0.2, 0.25) is 0 Å². The minimum absolute atomic E-state index is 0.0251. The van der Waals surface area contributed by atoms with Crippen molar-refractivity contribution in [3.63, 3.8) is 0 Å². The van der Waals surface area contributed by atoms with Crippen molar-refractivity contribution in [3.8, 4) is 0 Å². The van der Waals surface area contributed by atoms with E-state index in [1.54, 1.807) is 0 Å². The zero-order valence-electron chi connectivity index (χ0n) is 11.9. The van der Waals surface area contributed by atoms with Gasteiger partial charge in [0.1, 0.15) is 0 Å². The standard InChI is InChI=1S/C17H20N2O/c1-11-15(17(20)14-8-3-9-18-14)13-7-2-5-12-6-4-10-19(11)16(12)13/h2,5,7,14,18H,3-4,6,8-10H2,1H3. The topological polar surface area (TPSA) is 34.0 Å². The predicted molar refractivity (Wildman–Crippen MR) is 80.4 cm³/mol. The van der Waals surface area contributed by atoms with Crippen LogP contribution in [0, 0.1) is 6.92 Å². The van der Waals surface area contributed by atoms with Crippen LogP contribution in [0.2, 0.25) is 0 Å². The van der Waals surface area contributed by atoms with Crippen molar-refractivity contribution >= 4 is 16.7 Å². The lowest BCUT2D eigenvalue weighted by Crippen LogP contribution is -2.31. The van der Waals surface area contributed by atoms with Crippen LogP contribution in [-0.4, -0.2) is 22.9 Å². The average molecular weight is 268 g/mol. The van der Waals surface area contributed by atoms with E-state index in [0.717, 1.165) is 43.6 Å². The molecule has 0 bridgehead atoms. The molecule has 1 aromatic carbocycles. The highest BCUT2D eigenvalue weighted by Crippen LogP contribution is 2.33. The molecule has 3 nitrogen and oxygen atoms in total. The van der Waals surface area contributed by atoms with Crippen LogP contribution in [-0.2, 0) is 13.0 Å². The Balaban J connectivity index is 1.94. The first-order chi connectivity index (χ1) is 9.77. The molecule has 0 amide bonds. The normalized spacial score (nSPS) is 21.6. The maximum Gasteiger partial charge on any atom is 0.182 e. The van der Waals surface area contributed by atoms with E-state index in [1.165, 1.54) is 22.9 Å². The molecular formula is C17H20N2O. The van der Waals surface area contributed by atoms with E-state index in [2.05, 4.69) is 35.0 Å². The summed E-state index contributed by atoms with van der Waals surface area (Å²) in [6, 6.07) is 6.46. The maximum absolute atomic E-state index is 12.9. The molecule has 2 aliphatic heterocycles. The summed E-state index contributed by atoms with van der Waals surface area (Å²) < 4.78 is 2.36. The highest BCUT2D eigenvalue weighted by molar-refractivity contribution is 6.12. The quantitative estimate of drug-likeness (QED) is 0.850. The van der Waals surface area contributed by atoms with Gasteiger partial charge in [0, 0.05) is 23.2 Å². The number of nitrogens with one attached hydrogen (secondary N) is 1. The fourth-order valence-corrected chi connectivity index (χ4v) is 3.91. The number of rotatable bonds is 2. The molecule has 1 saturated heterocycles. The molecule has 2 aliphatic rings. The van der Waals surface area contributed by atoms with Crippen molar-refractivity contribution in [1.29, 1.82) is 0 Å². The van der Waals surface area contributed by atoms with Crippen molar-refractivity contribution in [2.24, 2.45) is 0 Å². The van der Waals surface area contributed by atoms with E-state index in [0.29, 0.717) is 5.78 Å². The summed E-state index contributed by atoms with van der Waals surface area (Å²) in [6.07, 6.45) is 4.40. The first kappa shape index (κ1) is 12.2. The Labute approximate surface area is 119 Å². The van der Waals surface area contributed by atoms with Gasteiger partial charge in [-0.25, -0.2) is 0 Å². The Morgan fingerprint density at radius 2 is 2.25 bits per heavy atom. The molecule has 2 aromatic rings. The zero-order chi connectivity index (χ0) is 13.7. The third-order valence-corrected chi connectivity index (χ3v) is 4.88. The van der Waals surface area contributed by atoms with Gasteiger partial charge in [-0.05, 0) is 44.7 Å². The fraction of sp³-hybridized carbons (Fsp3) is 0.471. The molecule has 1 atom stereocenters. The Morgan fingerprint density at radius 1 is 1.35 bits per heavy atom. The second-order valence-electron chi connectivity index (χ2n) is 6.04. The molecule has 3 heteroatoms. The number of benzene rings is 1. The number of carbonyl (C=O) groups excluding carboxylic acids is 1. The predicted octanol–water partition coefficient (Wildman–Crippen LogP) is 2.83. The van der Waals surface area contributed by atoms with Crippen molar-refractivity contribution in [3.05, 3.63) is 35.0 Å². The van der Waals surface area contributed by atoms with Gasteiger partial charge in [-0.2, -0.15) is 0 Å². The van der Waals surface area contributed by atoms with Gasteiger partial charge in [0.25, 0.3) is 0 Å². The molecule has 1 N–H and O–H groups in total. The number of Topliss-reactive ketones (excluding diaryl/α,β-unsaturated/α-hetero) is 1. The van der Waals surface area contributed by atoms with E-state index in [4.69, 9.17) is 0 Å². The molecule has 3 heterocycles. The molecule has 0 spiro atoms. The molecule has 4 rings (SSSR count). The van der Waals surface area contributed by atoms with Crippen LogP contribution in [0.25, 0.3) is 10.9 Å². The first-order valence-electron chi connectivity index (χ1n) is 7.65. The number of nitrogens with zero attached hydrogens (tertiary/aromatic N) is 1. The summed E-state index contributed by atoms with van der Waals surface area (Å²) in [7, 11) is 0. The minimum atomic E-state index is 0.0251. The first-order valence-corrected chi connectivity index (χ1v) is 7.65. The van der Waals surface area contributed by atoms with Crippen LogP contribution in [0.1, 0.15) is 40.9 Å². The summed E-state index contributed by atoms with van der Waals surface area (Å²) in [5, 5.41) is 4.51. The number of ketones is 1. The molecule has 1 aromatic heterocycles. The highest BCUT2D eigenvalue weighted by Gasteiger charge is 2.29. The van der Waals surface area contributed by atoms with Gasteiger partial charge < -0.3 is 9.88 Å². The second kappa shape index (κ2) is 4.45. The molecule has 0 saturated carbocycles. The summed E-state index contributed by atoms with van der Waals surface area (Å²) in [5.74, 6) is 0.294. The van der Waals surface area contributed by atoms with Gasteiger partial charge in [-0.15, -0.1) is 0 Å². The number of para-hydroxylation sites is 1. The monoisotopic (exact) mass is 268 g/mol. The van der Waals surface area contributed by atoms with Crippen LogP contribution < -0.4 is 5.32 Å². The number of aromatic nitrogens is 1. The molecule has 20 heavy (non-hydrogen) atoms. The molecule has 104 valence electrons. The largest absolute Gasteiger partial charge is 0.344 e. The molecule has 0 aliphatic carbocycles. The lowest BCUT2D eigenvalue weighted by molar-refractivity contribution is 0.0953. The summed E-state index contributed by atoms with van der Waals surface area (Å²) in [5.41, 5.74) is 4.82. The molecule has 1 fully saturated rings. The van der Waals surface area contributed by atoms with Gasteiger partial charge in [0.05, 0.1) is 11.6 Å². The van der Waals surface area contributed by atoms with E-state index in [1.807, 2.05) is 0 Å². The third-order valence-electron chi connectivity index (χ3n) is 4.88. The Morgan fingerprint density at radius 3 is 3.05 bits per heavy atom. The van der Waals surface area contributed by atoms with Crippen molar-refractivity contribution in [2.45, 2.75) is 45.2 Å². The maximum atomic E-state index is 12.9. The smallest absolute Gasteiger partial charge is 0.182 e. The Hall–Kier alpha value is -1.61. The van der Waals surface area contributed by atoms with E-state index >= 15 is 0 Å².